The van der Waals surface area contributed by atoms with E-state index in [9.17, 15) is 14.3 Å². The van der Waals surface area contributed by atoms with Crippen molar-refractivity contribution in [1.82, 2.24) is 19.0 Å². The minimum Gasteiger partial charge on any atom is -0.475 e. The Morgan fingerprint density at radius 2 is 1.89 bits per heavy atom. The molecule has 37 heavy (non-hydrogen) atoms. The Labute approximate surface area is 214 Å². The van der Waals surface area contributed by atoms with Crippen molar-refractivity contribution in [3.05, 3.63) is 34.3 Å². The van der Waals surface area contributed by atoms with E-state index in [-0.39, 0.29) is 28.7 Å². The molecule has 1 aromatic carbocycles. The number of aromatic nitrogens is 2. The maximum atomic E-state index is 15.0. The summed E-state index contributed by atoms with van der Waals surface area (Å²) in [6.45, 7) is 2.33. The third-order valence-corrected chi connectivity index (χ3v) is 9.55. The van der Waals surface area contributed by atoms with E-state index in [1.807, 2.05) is 0 Å². The second kappa shape index (κ2) is 8.97. The Bertz CT molecular complexity index is 1390. The van der Waals surface area contributed by atoms with E-state index in [2.05, 4.69) is 15.3 Å². The minimum absolute atomic E-state index is 0.0477. The Hall–Kier alpha value is -3.21. The molecule has 2 atom stereocenters. The van der Waals surface area contributed by atoms with Crippen molar-refractivity contribution in [2.45, 2.75) is 62.1 Å². The Morgan fingerprint density at radius 3 is 2.51 bits per heavy atom. The van der Waals surface area contributed by atoms with Crippen LogP contribution in [0.3, 0.4) is 0 Å². The zero-order valence-electron chi connectivity index (χ0n) is 20.5. The van der Waals surface area contributed by atoms with Gasteiger partial charge in [-0.25, -0.2) is 22.9 Å². The lowest BCUT2D eigenvalue weighted by atomic mass is 9.98. The Kier molecular flexibility index (Phi) is 5.85. The third kappa shape index (κ3) is 3.77. The molecule has 0 radical (unpaired) electrons. The largest absolute Gasteiger partial charge is 0.475 e. The summed E-state index contributed by atoms with van der Waals surface area (Å²) in [4.78, 5) is 15.4. The van der Waals surface area contributed by atoms with Gasteiger partial charge in [0, 0.05) is 25.9 Å². The fourth-order valence-electron chi connectivity index (χ4n) is 5.90. The summed E-state index contributed by atoms with van der Waals surface area (Å²) in [5.74, 6) is -0.0611. The number of anilines is 1. The normalized spacial score (nSPS) is 22.1. The van der Waals surface area contributed by atoms with Crippen molar-refractivity contribution in [2.75, 3.05) is 32.1 Å². The number of urea groups is 1. The number of benzene rings is 1. The van der Waals surface area contributed by atoms with Gasteiger partial charge in [0.15, 0.2) is 14.8 Å². The maximum Gasteiger partial charge on any atom is 0.348 e. The molecule has 2 aromatic rings. The van der Waals surface area contributed by atoms with Gasteiger partial charge >= 0.3 is 6.03 Å². The molecule has 0 bridgehead atoms. The van der Waals surface area contributed by atoms with E-state index >= 15 is 4.39 Å². The zero-order chi connectivity index (χ0) is 25.9. The molecule has 6 rings (SSSR count). The number of nitrogens with one attached hydrogen (secondary N) is 2. The highest BCUT2D eigenvalue weighted by Gasteiger charge is 2.39. The van der Waals surface area contributed by atoms with Crippen LogP contribution in [0, 0.1) is 22.1 Å². The lowest BCUT2D eigenvalue weighted by molar-refractivity contribution is -0.0687. The summed E-state index contributed by atoms with van der Waals surface area (Å²) in [6, 6.07) is -0.941. The summed E-state index contributed by atoms with van der Waals surface area (Å²) >= 11 is 0. The van der Waals surface area contributed by atoms with Gasteiger partial charge in [-0.3, -0.25) is 4.90 Å². The average Bonchev–Trinajstić information content (AvgIpc) is 3.61. The summed E-state index contributed by atoms with van der Waals surface area (Å²) in [7, 11) is -2.43. The molecule has 3 heterocycles. The Balaban J connectivity index is 1.25. The lowest BCUT2D eigenvalue weighted by Gasteiger charge is -2.44. The molecule has 0 spiro atoms. The predicted octanol–water partition coefficient (Wildman–Crippen LogP) is 2.43. The van der Waals surface area contributed by atoms with Gasteiger partial charge < -0.3 is 14.8 Å². The van der Waals surface area contributed by atoms with E-state index in [0.717, 1.165) is 37.1 Å². The van der Waals surface area contributed by atoms with Crippen molar-refractivity contribution in [2.24, 2.45) is 0 Å². The van der Waals surface area contributed by atoms with Crippen LogP contribution in [0.15, 0.2) is 11.1 Å². The van der Waals surface area contributed by atoms with E-state index in [1.54, 1.807) is 13.3 Å². The fourth-order valence-corrected chi connectivity index (χ4v) is 7.08. The molecule has 1 aromatic heterocycles. The molecule has 0 saturated carbocycles. The SMILES string of the molecule is COC1CN(C2COc3c(S(=N)(=O)N(C#N)C(=O)Nc4c5c(c(F)c6c4CCC6)CCC5)cnn3C2)C1. The van der Waals surface area contributed by atoms with Crippen molar-refractivity contribution >= 4 is 21.6 Å². The molecular formula is C24H28FN7O4S. The number of halogens is 1. The molecule has 1 fully saturated rings. The number of likely N-dealkylation sites (tertiary alicyclic amines) is 1. The van der Waals surface area contributed by atoms with Crippen LogP contribution in [-0.4, -0.2) is 68.2 Å². The van der Waals surface area contributed by atoms with Crippen molar-refractivity contribution in [3.8, 4) is 12.1 Å². The molecule has 11 nitrogen and oxygen atoms in total. The van der Waals surface area contributed by atoms with Gasteiger partial charge in [-0.05, 0) is 60.8 Å². The van der Waals surface area contributed by atoms with Crippen LogP contribution in [-0.2, 0) is 46.9 Å². The van der Waals surface area contributed by atoms with E-state index in [1.165, 1.54) is 10.9 Å². The summed E-state index contributed by atoms with van der Waals surface area (Å²) < 4.78 is 50.3. The first-order chi connectivity index (χ1) is 17.8. The van der Waals surface area contributed by atoms with Gasteiger partial charge in [-0.15, -0.1) is 4.31 Å². The first-order valence-electron chi connectivity index (χ1n) is 12.4. The average molecular weight is 530 g/mol. The summed E-state index contributed by atoms with van der Waals surface area (Å²) in [5, 5.41) is 16.8. The number of amides is 2. The van der Waals surface area contributed by atoms with Gasteiger partial charge in [-0.1, -0.05) is 0 Å². The van der Waals surface area contributed by atoms with Gasteiger partial charge in [0.1, 0.15) is 12.4 Å². The molecule has 2 aliphatic heterocycles. The van der Waals surface area contributed by atoms with Crippen LogP contribution in [0.4, 0.5) is 14.9 Å². The number of methoxy groups -OCH3 is 1. The number of rotatable bonds is 5. The van der Waals surface area contributed by atoms with Crippen LogP contribution < -0.4 is 10.1 Å². The second-order valence-electron chi connectivity index (χ2n) is 9.93. The molecule has 2 N–H and O–H groups in total. The molecule has 2 amide bonds. The van der Waals surface area contributed by atoms with Crippen LogP contribution >= 0.6 is 0 Å². The molecule has 196 valence electrons. The lowest BCUT2D eigenvalue weighted by Crippen LogP contribution is -2.59. The topological polar surface area (TPSA) is 137 Å². The van der Waals surface area contributed by atoms with Gasteiger partial charge in [-0.2, -0.15) is 10.4 Å². The molecule has 2 aliphatic carbocycles. The third-order valence-electron chi connectivity index (χ3n) is 7.91. The molecule has 2 unspecified atom stereocenters. The number of nitriles is 1. The van der Waals surface area contributed by atoms with Crippen molar-refractivity contribution in [3.63, 3.8) is 0 Å². The van der Waals surface area contributed by atoms with Gasteiger partial charge in [0.05, 0.1) is 24.9 Å². The number of ether oxygens (including phenoxy) is 2. The minimum atomic E-state index is -4.10. The quantitative estimate of drug-likeness (QED) is 0.448. The van der Waals surface area contributed by atoms with Crippen molar-refractivity contribution in [1.29, 1.82) is 10.0 Å². The molecular weight excluding hydrogens is 501 g/mol. The van der Waals surface area contributed by atoms with Crippen molar-refractivity contribution < 1.29 is 22.9 Å². The van der Waals surface area contributed by atoms with E-state index in [4.69, 9.17) is 14.3 Å². The van der Waals surface area contributed by atoms with Crippen LogP contribution in [0.1, 0.15) is 35.1 Å². The highest BCUT2D eigenvalue weighted by molar-refractivity contribution is 7.91. The van der Waals surface area contributed by atoms with Crippen LogP contribution in [0.5, 0.6) is 5.88 Å². The first-order valence-corrected chi connectivity index (χ1v) is 13.9. The number of carbonyl (C=O) groups is 1. The summed E-state index contributed by atoms with van der Waals surface area (Å²) in [6.07, 6.45) is 7.03. The number of nitrogens with zero attached hydrogens (tertiary/aromatic N) is 5. The molecule has 1 saturated heterocycles. The predicted molar refractivity (Wildman–Crippen MR) is 130 cm³/mol. The number of carbonyl (C=O) groups excluding carboxylic acids is 1. The second-order valence-corrected chi connectivity index (χ2v) is 11.8. The monoisotopic (exact) mass is 529 g/mol. The van der Waals surface area contributed by atoms with Gasteiger partial charge in [0.25, 0.3) is 0 Å². The molecule has 4 aliphatic rings. The smallest absolute Gasteiger partial charge is 0.348 e. The standard InChI is InChI=1S/C24H28FN7O4S/c1-35-15-10-30(11-15)14-9-31-23(36-12-14)20(8-28-31)37(27,34)32(13-26)24(33)29-22-18-6-2-4-16(18)21(25)17-5-3-7-19(17)22/h8,14-15,27H,2-7,9-12H2,1H3,(H,29,33). The van der Waals surface area contributed by atoms with E-state index < -0.39 is 15.9 Å². The highest BCUT2D eigenvalue weighted by Crippen LogP contribution is 2.41. The first kappa shape index (κ1) is 24.1. The number of hydrogen-bond donors (Lipinski definition) is 2. The number of fused-ring (bicyclic) bond motifs is 3. The Morgan fingerprint density at radius 1 is 1.24 bits per heavy atom. The maximum absolute atomic E-state index is 15.0. The molecule has 13 heteroatoms. The highest BCUT2D eigenvalue weighted by atomic mass is 32.2. The van der Waals surface area contributed by atoms with E-state index in [0.29, 0.717) is 60.0 Å². The summed E-state index contributed by atoms with van der Waals surface area (Å²) in [5.41, 5.74) is 3.19. The van der Waals surface area contributed by atoms with Crippen LogP contribution in [0.2, 0.25) is 0 Å². The fraction of sp³-hybridized carbons (Fsp3) is 0.542. The van der Waals surface area contributed by atoms with Crippen LogP contribution in [0.25, 0.3) is 0 Å². The number of hydrogen-bond acceptors (Lipinski definition) is 8. The van der Waals surface area contributed by atoms with Gasteiger partial charge in [0.2, 0.25) is 12.1 Å². The zero-order valence-corrected chi connectivity index (χ0v) is 21.3.